The highest BCUT2D eigenvalue weighted by atomic mass is 16.2. The van der Waals surface area contributed by atoms with Crippen molar-refractivity contribution in [1.29, 1.82) is 0 Å². The molecule has 2 heterocycles. The molecule has 150 valence electrons. The highest BCUT2D eigenvalue weighted by Gasteiger charge is 2.23. The minimum atomic E-state index is -0.0228. The van der Waals surface area contributed by atoms with E-state index >= 15 is 0 Å². The van der Waals surface area contributed by atoms with Gasteiger partial charge in [0.15, 0.2) is 11.5 Å². The second-order valence-corrected chi connectivity index (χ2v) is 7.60. The van der Waals surface area contributed by atoms with Crippen molar-refractivity contribution in [2.75, 3.05) is 36.4 Å². The Balaban J connectivity index is 1.68. The average Bonchev–Trinajstić information content (AvgIpc) is 2.71. The largest absolute Gasteiger partial charge is 0.372 e. The fourth-order valence-electron chi connectivity index (χ4n) is 3.76. The van der Waals surface area contributed by atoms with Crippen LogP contribution in [0.15, 0.2) is 30.3 Å². The number of nitrogens with one attached hydrogen (secondary N) is 1. The first kappa shape index (κ1) is 20.1. The standard InChI is InChI=1S/C22H31N5O/c1-5-26(6-2)18-9-10-19(17(4)14-18)23-21-12-11-20(24-25-21)22(28)27-13-7-8-16(3)15-27/h9-12,14,16H,5-8,13,15H2,1-4H3,(H,23,25). The number of hydrogen-bond donors (Lipinski definition) is 1. The Morgan fingerprint density at radius 1 is 1.21 bits per heavy atom. The van der Waals surface area contributed by atoms with E-state index in [-0.39, 0.29) is 5.91 Å². The number of aromatic nitrogens is 2. The van der Waals surface area contributed by atoms with Crippen LogP contribution in [-0.2, 0) is 0 Å². The van der Waals surface area contributed by atoms with E-state index in [2.05, 4.69) is 66.3 Å². The number of rotatable bonds is 6. The predicted octanol–water partition coefficient (Wildman–Crippen LogP) is 4.25. The van der Waals surface area contributed by atoms with Crippen LogP contribution in [0.1, 0.15) is 49.7 Å². The van der Waals surface area contributed by atoms with E-state index in [9.17, 15) is 4.79 Å². The summed E-state index contributed by atoms with van der Waals surface area (Å²) in [5, 5.41) is 11.7. The number of benzene rings is 1. The summed E-state index contributed by atoms with van der Waals surface area (Å²) < 4.78 is 0. The van der Waals surface area contributed by atoms with Gasteiger partial charge in [-0.2, -0.15) is 0 Å². The molecule has 1 fully saturated rings. The summed E-state index contributed by atoms with van der Waals surface area (Å²) in [5.74, 6) is 1.17. The van der Waals surface area contributed by atoms with Gasteiger partial charge in [-0.3, -0.25) is 4.79 Å². The molecule has 0 spiro atoms. The van der Waals surface area contributed by atoms with Crippen LogP contribution >= 0.6 is 0 Å². The topological polar surface area (TPSA) is 61.4 Å². The molecule has 1 aromatic heterocycles. The Bertz CT molecular complexity index is 801. The lowest BCUT2D eigenvalue weighted by Gasteiger charge is -2.30. The van der Waals surface area contributed by atoms with Gasteiger partial charge in [-0.05, 0) is 75.4 Å². The fourth-order valence-corrected chi connectivity index (χ4v) is 3.76. The van der Waals surface area contributed by atoms with Crippen LogP contribution in [0.3, 0.4) is 0 Å². The fraction of sp³-hybridized carbons (Fsp3) is 0.500. The second-order valence-electron chi connectivity index (χ2n) is 7.60. The Labute approximate surface area is 168 Å². The molecule has 6 heteroatoms. The number of anilines is 3. The highest BCUT2D eigenvalue weighted by molar-refractivity contribution is 5.92. The molecule has 1 atom stereocenters. The van der Waals surface area contributed by atoms with Crippen LogP contribution in [0.2, 0.25) is 0 Å². The number of hydrogen-bond acceptors (Lipinski definition) is 5. The third-order valence-corrected chi connectivity index (χ3v) is 5.43. The number of carbonyl (C=O) groups excluding carboxylic acids is 1. The SMILES string of the molecule is CCN(CC)c1ccc(Nc2ccc(C(=O)N3CCCC(C)C3)nn2)c(C)c1. The zero-order chi connectivity index (χ0) is 20.1. The first-order valence-corrected chi connectivity index (χ1v) is 10.3. The lowest BCUT2D eigenvalue weighted by atomic mass is 10.00. The molecule has 1 aliphatic rings. The molecule has 1 unspecified atom stereocenters. The van der Waals surface area contributed by atoms with Crippen LogP contribution in [0.25, 0.3) is 0 Å². The molecule has 0 bridgehead atoms. The molecule has 28 heavy (non-hydrogen) atoms. The van der Waals surface area contributed by atoms with Crippen LogP contribution in [0, 0.1) is 12.8 Å². The monoisotopic (exact) mass is 381 g/mol. The molecule has 1 amide bonds. The first-order valence-electron chi connectivity index (χ1n) is 10.3. The van der Waals surface area contributed by atoms with Gasteiger partial charge >= 0.3 is 0 Å². The molecular weight excluding hydrogens is 350 g/mol. The van der Waals surface area contributed by atoms with Crippen molar-refractivity contribution in [3.05, 3.63) is 41.6 Å². The molecule has 0 aliphatic carbocycles. The van der Waals surface area contributed by atoms with Crippen LogP contribution in [0.4, 0.5) is 17.2 Å². The van der Waals surface area contributed by atoms with E-state index < -0.39 is 0 Å². The quantitative estimate of drug-likeness (QED) is 0.811. The average molecular weight is 382 g/mol. The second kappa shape index (κ2) is 9.04. The summed E-state index contributed by atoms with van der Waals surface area (Å²) in [7, 11) is 0. The summed E-state index contributed by atoms with van der Waals surface area (Å²) in [4.78, 5) is 16.8. The number of carbonyl (C=O) groups is 1. The Morgan fingerprint density at radius 3 is 2.61 bits per heavy atom. The maximum absolute atomic E-state index is 12.6. The molecule has 6 nitrogen and oxygen atoms in total. The van der Waals surface area contributed by atoms with Crippen LogP contribution in [0.5, 0.6) is 0 Å². The zero-order valence-electron chi connectivity index (χ0n) is 17.4. The van der Waals surface area contributed by atoms with Gasteiger partial charge in [-0.25, -0.2) is 0 Å². The number of amides is 1. The van der Waals surface area contributed by atoms with Crippen molar-refractivity contribution in [3.8, 4) is 0 Å². The molecule has 0 radical (unpaired) electrons. The van der Waals surface area contributed by atoms with Gasteiger partial charge in [0.1, 0.15) is 0 Å². The normalized spacial score (nSPS) is 16.7. The van der Waals surface area contributed by atoms with E-state index in [1.54, 1.807) is 6.07 Å². The summed E-state index contributed by atoms with van der Waals surface area (Å²) in [5.41, 5.74) is 3.77. The summed E-state index contributed by atoms with van der Waals surface area (Å²) in [6, 6.07) is 9.95. The minimum absolute atomic E-state index is 0.0228. The van der Waals surface area contributed by atoms with E-state index in [0.29, 0.717) is 17.4 Å². The lowest BCUT2D eigenvalue weighted by molar-refractivity contribution is 0.0676. The van der Waals surface area contributed by atoms with E-state index in [4.69, 9.17) is 0 Å². The molecule has 1 N–H and O–H groups in total. The van der Waals surface area contributed by atoms with Gasteiger partial charge in [0.25, 0.3) is 5.91 Å². The number of piperidine rings is 1. The summed E-state index contributed by atoms with van der Waals surface area (Å²) in [6.45, 7) is 12.2. The number of nitrogens with zero attached hydrogens (tertiary/aromatic N) is 4. The third-order valence-electron chi connectivity index (χ3n) is 5.43. The van der Waals surface area contributed by atoms with Crippen molar-refractivity contribution >= 4 is 23.1 Å². The summed E-state index contributed by atoms with van der Waals surface area (Å²) >= 11 is 0. The van der Waals surface area contributed by atoms with Crippen molar-refractivity contribution in [2.24, 2.45) is 5.92 Å². The van der Waals surface area contributed by atoms with E-state index in [1.807, 2.05) is 11.0 Å². The van der Waals surface area contributed by atoms with Gasteiger partial charge in [0, 0.05) is 37.6 Å². The molecule has 1 aliphatic heterocycles. The van der Waals surface area contributed by atoms with E-state index in [1.165, 1.54) is 12.1 Å². The maximum atomic E-state index is 12.6. The summed E-state index contributed by atoms with van der Waals surface area (Å²) in [6.07, 6.45) is 2.24. The highest BCUT2D eigenvalue weighted by Crippen LogP contribution is 2.25. The minimum Gasteiger partial charge on any atom is -0.372 e. The molecule has 2 aromatic rings. The first-order chi connectivity index (χ1) is 13.5. The lowest BCUT2D eigenvalue weighted by Crippen LogP contribution is -2.39. The Hall–Kier alpha value is -2.63. The third kappa shape index (κ3) is 4.61. The molecule has 1 saturated heterocycles. The van der Waals surface area contributed by atoms with Crippen LogP contribution in [-0.4, -0.2) is 47.2 Å². The van der Waals surface area contributed by atoms with E-state index in [0.717, 1.165) is 43.9 Å². The number of aryl methyl sites for hydroxylation is 1. The molecule has 3 rings (SSSR count). The molecule has 1 aromatic carbocycles. The van der Waals surface area contributed by atoms with Gasteiger partial charge in [0.05, 0.1) is 0 Å². The van der Waals surface area contributed by atoms with Crippen molar-refractivity contribution in [2.45, 2.75) is 40.5 Å². The van der Waals surface area contributed by atoms with Crippen molar-refractivity contribution in [1.82, 2.24) is 15.1 Å². The Morgan fingerprint density at radius 2 is 2.00 bits per heavy atom. The Kier molecular flexibility index (Phi) is 6.49. The smallest absolute Gasteiger partial charge is 0.274 e. The van der Waals surface area contributed by atoms with Gasteiger partial charge in [-0.1, -0.05) is 6.92 Å². The zero-order valence-corrected chi connectivity index (χ0v) is 17.4. The van der Waals surface area contributed by atoms with Crippen LogP contribution < -0.4 is 10.2 Å². The van der Waals surface area contributed by atoms with Gasteiger partial charge < -0.3 is 15.1 Å². The number of likely N-dealkylation sites (tertiary alicyclic amines) is 1. The van der Waals surface area contributed by atoms with Crippen molar-refractivity contribution < 1.29 is 4.79 Å². The maximum Gasteiger partial charge on any atom is 0.274 e. The van der Waals surface area contributed by atoms with Gasteiger partial charge in [0.2, 0.25) is 0 Å². The van der Waals surface area contributed by atoms with Gasteiger partial charge in [-0.15, -0.1) is 10.2 Å². The van der Waals surface area contributed by atoms with Crippen molar-refractivity contribution in [3.63, 3.8) is 0 Å². The molecular formula is C22H31N5O. The predicted molar refractivity (Wildman–Crippen MR) is 114 cm³/mol. The molecule has 0 saturated carbocycles.